The van der Waals surface area contributed by atoms with Gasteiger partial charge in [0.15, 0.2) is 0 Å². The lowest BCUT2D eigenvalue weighted by Gasteiger charge is -2.34. The zero-order valence-corrected chi connectivity index (χ0v) is 17.4. The Morgan fingerprint density at radius 3 is 2.50 bits per heavy atom. The number of rotatable bonds is 4. The fourth-order valence-corrected chi connectivity index (χ4v) is 7.58. The van der Waals surface area contributed by atoms with E-state index in [0.717, 1.165) is 44.1 Å². The lowest BCUT2D eigenvalue weighted by Crippen LogP contribution is -2.31. The van der Waals surface area contributed by atoms with Gasteiger partial charge in [-0.05, 0) is 74.0 Å². The number of hydrogen-bond acceptors (Lipinski definition) is 4. The SMILES string of the molecule is CCC1(OC(=O)c2cccc(C3CC4C(=O)C3C3C5C=CC(C5=O)C43)c2)CCCC1. The topological polar surface area (TPSA) is 60.4 Å². The number of carbonyl (C=O) groups is 3. The first-order chi connectivity index (χ1) is 14.5. The minimum Gasteiger partial charge on any atom is -0.455 e. The van der Waals surface area contributed by atoms with Crippen LogP contribution >= 0.6 is 0 Å². The van der Waals surface area contributed by atoms with Gasteiger partial charge in [-0.3, -0.25) is 9.59 Å². The van der Waals surface area contributed by atoms with Crippen LogP contribution in [0.1, 0.15) is 67.3 Å². The van der Waals surface area contributed by atoms with Gasteiger partial charge in [-0.2, -0.15) is 0 Å². The van der Waals surface area contributed by atoms with E-state index < -0.39 is 0 Å². The van der Waals surface area contributed by atoms with Gasteiger partial charge in [-0.15, -0.1) is 0 Å². The lowest BCUT2D eigenvalue weighted by molar-refractivity contribution is -0.125. The molecule has 0 amide bonds. The van der Waals surface area contributed by atoms with Crippen molar-refractivity contribution in [1.82, 2.24) is 0 Å². The van der Waals surface area contributed by atoms with Crippen LogP contribution in [-0.4, -0.2) is 23.1 Å². The molecule has 5 aliphatic carbocycles. The molecule has 1 aromatic carbocycles. The summed E-state index contributed by atoms with van der Waals surface area (Å²) in [5, 5.41) is 0. The Morgan fingerprint density at radius 2 is 1.77 bits per heavy atom. The Bertz CT molecular complexity index is 969. The summed E-state index contributed by atoms with van der Waals surface area (Å²) in [6, 6.07) is 7.73. The predicted octanol–water partition coefficient (Wildman–Crippen LogP) is 4.49. The van der Waals surface area contributed by atoms with Gasteiger partial charge >= 0.3 is 5.97 Å². The van der Waals surface area contributed by atoms with Crippen molar-refractivity contribution in [2.24, 2.45) is 35.5 Å². The Hall–Kier alpha value is -2.23. The van der Waals surface area contributed by atoms with Crippen molar-refractivity contribution in [3.05, 3.63) is 47.5 Å². The molecular formula is C26H28O4. The van der Waals surface area contributed by atoms with Gasteiger partial charge in [-0.1, -0.05) is 31.2 Å². The van der Waals surface area contributed by atoms with Crippen LogP contribution in [0.2, 0.25) is 0 Å². The number of carbonyl (C=O) groups excluding carboxylic acids is 3. The highest BCUT2D eigenvalue weighted by atomic mass is 16.6. The van der Waals surface area contributed by atoms with Crippen LogP contribution in [0.15, 0.2) is 36.4 Å². The molecule has 0 radical (unpaired) electrons. The smallest absolute Gasteiger partial charge is 0.338 e. The number of allylic oxidation sites excluding steroid dienone is 2. The Labute approximate surface area is 177 Å². The summed E-state index contributed by atoms with van der Waals surface area (Å²) in [7, 11) is 0. The molecule has 7 atom stereocenters. The Balaban J connectivity index is 1.27. The molecule has 0 aliphatic heterocycles. The van der Waals surface area contributed by atoms with Crippen molar-refractivity contribution in [2.45, 2.75) is 57.0 Å². The second-order valence-electron chi connectivity index (χ2n) is 10.1. The first kappa shape index (κ1) is 18.5. The molecule has 4 saturated carbocycles. The molecule has 4 heteroatoms. The number of benzene rings is 1. The fourth-order valence-electron chi connectivity index (χ4n) is 7.58. The van der Waals surface area contributed by atoms with E-state index in [4.69, 9.17) is 4.74 Å². The second-order valence-corrected chi connectivity index (χ2v) is 10.1. The molecular weight excluding hydrogens is 376 g/mol. The summed E-state index contributed by atoms with van der Waals surface area (Å²) in [6.45, 7) is 2.09. The normalized spacial score (nSPS) is 39.7. The van der Waals surface area contributed by atoms with Crippen molar-refractivity contribution < 1.29 is 19.1 Å². The van der Waals surface area contributed by atoms with E-state index in [1.807, 2.05) is 36.4 Å². The van der Waals surface area contributed by atoms with Crippen LogP contribution in [0.5, 0.6) is 0 Å². The van der Waals surface area contributed by atoms with E-state index in [9.17, 15) is 14.4 Å². The largest absolute Gasteiger partial charge is 0.455 e. The van der Waals surface area contributed by atoms with Crippen LogP contribution in [-0.2, 0) is 14.3 Å². The van der Waals surface area contributed by atoms with Crippen LogP contribution in [0.4, 0.5) is 0 Å². The second kappa shape index (κ2) is 6.38. The van der Waals surface area contributed by atoms with Crippen molar-refractivity contribution in [3.63, 3.8) is 0 Å². The maximum absolute atomic E-state index is 13.1. The zero-order valence-electron chi connectivity index (χ0n) is 17.4. The fraction of sp³-hybridized carbons (Fsp3) is 0.577. The van der Waals surface area contributed by atoms with Crippen molar-refractivity contribution in [2.75, 3.05) is 0 Å². The number of Topliss-reactive ketones (excluding diaryl/α,β-unsaturated/α-hetero) is 2. The molecule has 0 N–H and O–H groups in total. The number of ketones is 2. The van der Waals surface area contributed by atoms with Gasteiger partial charge in [0, 0.05) is 23.7 Å². The third-order valence-corrected chi connectivity index (χ3v) is 8.99. The molecule has 7 unspecified atom stereocenters. The molecule has 4 fully saturated rings. The van der Waals surface area contributed by atoms with Crippen LogP contribution in [0.3, 0.4) is 0 Å². The average molecular weight is 405 g/mol. The summed E-state index contributed by atoms with van der Waals surface area (Å²) in [6.07, 6.45) is 9.88. The molecule has 0 spiro atoms. The molecule has 4 nitrogen and oxygen atoms in total. The predicted molar refractivity (Wildman–Crippen MR) is 111 cm³/mol. The van der Waals surface area contributed by atoms with E-state index in [1.54, 1.807) is 0 Å². The van der Waals surface area contributed by atoms with Gasteiger partial charge < -0.3 is 4.74 Å². The minimum atomic E-state index is -0.307. The minimum absolute atomic E-state index is 0.00589. The highest BCUT2D eigenvalue weighted by Gasteiger charge is 2.68. The highest BCUT2D eigenvalue weighted by Crippen LogP contribution is 2.66. The molecule has 5 aliphatic rings. The summed E-state index contributed by atoms with van der Waals surface area (Å²) >= 11 is 0. The van der Waals surface area contributed by atoms with E-state index in [-0.39, 0.29) is 53.0 Å². The number of ether oxygens (including phenoxy) is 1. The van der Waals surface area contributed by atoms with Gasteiger partial charge in [0.1, 0.15) is 17.2 Å². The third-order valence-electron chi connectivity index (χ3n) is 8.99. The summed E-state index contributed by atoms with van der Waals surface area (Å²) in [4.78, 5) is 38.6. The maximum Gasteiger partial charge on any atom is 0.338 e. The van der Waals surface area contributed by atoms with Crippen molar-refractivity contribution >= 4 is 17.5 Å². The molecule has 0 saturated heterocycles. The first-order valence-corrected chi connectivity index (χ1v) is 11.6. The Morgan fingerprint density at radius 1 is 1.03 bits per heavy atom. The Kier molecular flexibility index (Phi) is 3.94. The summed E-state index contributed by atoms with van der Waals surface area (Å²) < 4.78 is 6.00. The molecule has 6 rings (SSSR count). The zero-order chi connectivity index (χ0) is 20.6. The molecule has 0 aromatic heterocycles. The number of hydrogen-bond donors (Lipinski definition) is 0. The van der Waals surface area contributed by atoms with Gasteiger partial charge in [0.25, 0.3) is 0 Å². The van der Waals surface area contributed by atoms with E-state index >= 15 is 0 Å². The van der Waals surface area contributed by atoms with E-state index in [1.165, 1.54) is 0 Å². The third kappa shape index (κ3) is 2.36. The summed E-state index contributed by atoms with van der Waals surface area (Å²) in [5.74, 6) is 0.770. The van der Waals surface area contributed by atoms with Crippen LogP contribution in [0.25, 0.3) is 0 Å². The number of fused-ring (bicyclic) bond motifs is 9. The first-order valence-electron chi connectivity index (χ1n) is 11.6. The molecule has 156 valence electrons. The van der Waals surface area contributed by atoms with Crippen LogP contribution < -0.4 is 0 Å². The van der Waals surface area contributed by atoms with Crippen molar-refractivity contribution in [3.8, 4) is 0 Å². The monoisotopic (exact) mass is 404 g/mol. The highest BCUT2D eigenvalue weighted by molar-refractivity contribution is 5.99. The van der Waals surface area contributed by atoms with Gasteiger partial charge in [-0.25, -0.2) is 4.79 Å². The van der Waals surface area contributed by atoms with Gasteiger partial charge in [0.05, 0.1) is 5.56 Å². The van der Waals surface area contributed by atoms with Crippen LogP contribution in [0, 0.1) is 35.5 Å². The molecule has 1 aromatic rings. The quantitative estimate of drug-likeness (QED) is 0.422. The van der Waals surface area contributed by atoms with Crippen molar-refractivity contribution in [1.29, 1.82) is 0 Å². The average Bonchev–Trinajstić information content (AvgIpc) is 3.56. The van der Waals surface area contributed by atoms with Gasteiger partial charge in [0.2, 0.25) is 0 Å². The molecule has 30 heavy (non-hydrogen) atoms. The van der Waals surface area contributed by atoms with E-state index in [0.29, 0.717) is 17.1 Å². The molecule has 0 heterocycles. The number of esters is 1. The maximum atomic E-state index is 13.1. The lowest BCUT2D eigenvalue weighted by atomic mass is 9.68. The van der Waals surface area contributed by atoms with E-state index in [2.05, 4.69) is 6.92 Å². The standard InChI is InChI=1S/C26H28O4/c1-2-26(10-3-4-11-26)30-25(29)15-7-5-6-14(12-15)18-13-19-20-16-8-9-17(23(16)27)21(20)22(18)24(19)28/h5-9,12,16-22H,2-4,10-11,13H2,1H3. The summed E-state index contributed by atoms with van der Waals surface area (Å²) in [5.41, 5.74) is 1.33. The molecule has 4 bridgehead atoms.